The van der Waals surface area contributed by atoms with Crippen LogP contribution in [0, 0.1) is 12.7 Å². The number of rotatable bonds is 4. The molecule has 1 N–H and O–H groups in total. The first-order valence-electron chi connectivity index (χ1n) is 9.28. The van der Waals surface area contributed by atoms with E-state index in [1.165, 1.54) is 31.6 Å². The monoisotopic (exact) mass is 441 g/mol. The number of ketones is 1. The molecule has 1 fully saturated rings. The smallest absolute Gasteiger partial charge is 0.300 e. The van der Waals surface area contributed by atoms with Gasteiger partial charge in [0.15, 0.2) is 0 Å². The van der Waals surface area contributed by atoms with Gasteiger partial charge in [-0.2, -0.15) is 0 Å². The van der Waals surface area contributed by atoms with E-state index < -0.39 is 29.3 Å². The van der Waals surface area contributed by atoms with Gasteiger partial charge in [0.1, 0.15) is 29.1 Å². The number of amides is 1. The Kier molecular flexibility index (Phi) is 5.29. The van der Waals surface area contributed by atoms with E-state index in [-0.39, 0.29) is 33.4 Å². The summed E-state index contributed by atoms with van der Waals surface area (Å²) in [6.45, 7) is 1.76. The molecule has 1 aromatic heterocycles. The van der Waals surface area contributed by atoms with E-state index in [2.05, 4.69) is 0 Å². The topological polar surface area (TPSA) is 80.0 Å². The maximum atomic E-state index is 13.9. The number of Topliss-reactive ketones (excluding diaryl/α,β-unsaturated/α-hetero) is 1. The third kappa shape index (κ3) is 3.47. The van der Waals surface area contributed by atoms with Gasteiger partial charge < -0.3 is 14.3 Å². The lowest BCUT2D eigenvalue weighted by Gasteiger charge is -2.23. The van der Waals surface area contributed by atoms with E-state index in [4.69, 9.17) is 20.8 Å². The predicted octanol–water partition coefficient (Wildman–Crippen LogP) is 5.02. The Morgan fingerprint density at radius 3 is 2.61 bits per heavy atom. The van der Waals surface area contributed by atoms with E-state index in [1.54, 1.807) is 31.2 Å². The van der Waals surface area contributed by atoms with Crippen LogP contribution in [0.15, 0.2) is 64.8 Å². The highest BCUT2D eigenvalue weighted by atomic mass is 35.5. The number of furan rings is 1. The lowest BCUT2D eigenvalue weighted by atomic mass is 9.97. The SMILES string of the molecule is COc1c(Cl)cc(C)cc1/C(O)=C1/C(=O)C(=O)N(c2cccc(F)c2)C1c1ccco1. The van der Waals surface area contributed by atoms with Crippen LogP contribution in [0.5, 0.6) is 5.75 Å². The molecule has 0 spiro atoms. The number of halogens is 2. The van der Waals surface area contributed by atoms with Gasteiger partial charge in [-0.1, -0.05) is 17.7 Å². The number of anilines is 1. The van der Waals surface area contributed by atoms with Crippen molar-refractivity contribution in [1.29, 1.82) is 0 Å². The second-order valence-electron chi connectivity index (χ2n) is 6.99. The molecule has 8 heteroatoms. The summed E-state index contributed by atoms with van der Waals surface area (Å²) >= 11 is 6.25. The lowest BCUT2D eigenvalue weighted by molar-refractivity contribution is -0.132. The third-order valence-corrected chi connectivity index (χ3v) is 5.27. The van der Waals surface area contributed by atoms with Crippen LogP contribution in [-0.2, 0) is 9.59 Å². The third-order valence-electron chi connectivity index (χ3n) is 4.99. The number of carbonyl (C=O) groups is 2. The van der Waals surface area contributed by atoms with Crippen molar-refractivity contribution < 1.29 is 28.2 Å². The summed E-state index contributed by atoms with van der Waals surface area (Å²) in [6.07, 6.45) is 1.38. The van der Waals surface area contributed by atoms with Gasteiger partial charge in [0, 0.05) is 5.69 Å². The number of nitrogens with zero attached hydrogens (tertiary/aromatic N) is 1. The Bertz CT molecular complexity index is 1220. The van der Waals surface area contributed by atoms with Gasteiger partial charge in [0.25, 0.3) is 11.7 Å². The second-order valence-corrected chi connectivity index (χ2v) is 7.40. The van der Waals surface area contributed by atoms with Crippen molar-refractivity contribution in [2.75, 3.05) is 12.0 Å². The van der Waals surface area contributed by atoms with Gasteiger partial charge in [-0.05, 0) is 55.0 Å². The fourth-order valence-corrected chi connectivity index (χ4v) is 4.05. The molecule has 1 aliphatic heterocycles. The van der Waals surface area contributed by atoms with Crippen molar-refractivity contribution in [2.24, 2.45) is 0 Å². The first kappa shape index (κ1) is 20.7. The molecule has 1 amide bonds. The average molecular weight is 442 g/mol. The molecule has 0 radical (unpaired) electrons. The molecule has 1 saturated heterocycles. The highest BCUT2D eigenvalue weighted by molar-refractivity contribution is 6.51. The molecule has 2 aromatic carbocycles. The first-order valence-corrected chi connectivity index (χ1v) is 9.65. The Balaban J connectivity index is 1.99. The summed E-state index contributed by atoms with van der Waals surface area (Å²) < 4.78 is 24.7. The summed E-state index contributed by atoms with van der Waals surface area (Å²) in [4.78, 5) is 27.1. The van der Waals surface area contributed by atoms with E-state index in [0.717, 1.165) is 11.0 Å². The lowest BCUT2D eigenvalue weighted by Crippen LogP contribution is -2.29. The Labute approximate surface area is 182 Å². The van der Waals surface area contributed by atoms with Crippen LogP contribution in [-0.4, -0.2) is 23.9 Å². The van der Waals surface area contributed by atoms with E-state index in [1.807, 2.05) is 0 Å². The highest BCUT2D eigenvalue weighted by Crippen LogP contribution is 2.44. The van der Waals surface area contributed by atoms with Crippen LogP contribution in [0.4, 0.5) is 10.1 Å². The van der Waals surface area contributed by atoms with Crippen molar-refractivity contribution >= 4 is 34.7 Å². The molecule has 6 nitrogen and oxygen atoms in total. The van der Waals surface area contributed by atoms with Gasteiger partial charge in [-0.15, -0.1) is 0 Å². The number of aliphatic hydroxyl groups excluding tert-OH is 1. The van der Waals surface area contributed by atoms with Crippen LogP contribution < -0.4 is 9.64 Å². The van der Waals surface area contributed by atoms with Gasteiger partial charge in [0.2, 0.25) is 0 Å². The molecule has 1 aliphatic rings. The number of aliphatic hydroxyl groups is 1. The number of aryl methyl sites for hydroxylation is 1. The van der Waals surface area contributed by atoms with E-state index >= 15 is 0 Å². The fourth-order valence-electron chi connectivity index (χ4n) is 3.70. The maximum absolute atomic E-state index is 13.9. The number of methoxy groups -OCH3 is 1. The van der Waals surface area contributed by atoms with Gasteiger partial charge in [-0.25, -0.2) is 4.39 Å². The molecule has 3 aromatic rings. The standard InChI is InChI=1S/C23H17ClFNO5/c1-12-9-15(22(30-2)16(24)10-12)20(27)18-19(17-7-4-8-31-17)26(23(29)21(18)28)14-6-3-5-13(25)11-14/h3-11,19,27H,1-2H3/b20-18-. The molecule has 31 heavy (non-hydrogen) atoms. The molecular weight excluding hydrogens is 425 g/mol. The molecule has 1 unspecified atom stereocenters. The molecule has 1 atom stereocenters. The largest absolute Gasteiger partial charge is 0.507 e. The molecule has 0 saturated carbocycles. The summed E-state index contributed by atoms with van der Waals surface area (Å²) in [5.41, 5.74) is 0.795. The Hall–Kier alpha value is -3.58. The van der Waals surface area contributed by atoms with Crippen LogP contribution >= 0.6 is 11.6 Å². The minimum Gasteiger partial charge on any atom is -0.507 e. The van der Waals surface area contributed by atoms with Crippen LogP contribution in [0.2, 0.25) is 5.02 Å². The van der Waals surface area contributed by atoms with Crippen LogP contribution in [0.1, 0.15) is 22.9 Å². The quantitative estimate of drug-likeness (QED) is 0.349. The molecular formula is C23H17ClFNO5. The number of hydrogen-bond acceptors (Lipinski definition) is 5. The molecule has 2 heterocycles. The summed E-state index contributed by atoms with van der Waals surface area (Å²) in [6, 6.07) is 10.6. The number of ether oxygens (including phenoxy) is 1. The van der Waals surface area contributed by atoms with Gasteiger partial charge >= 0.3 is 0 Å². The van der Waals surface area contributed by atoms with Crippen LogP contribution in [0.3, 0.4) is 0 Å². The van der Waals surface area contributed by atoms with Crippen LogP contribution in [0.25, 0.3) is 5.76 Å². The first-order chi connectivity index (χ1) is 14.8. The van der Waals surface area contributed by atoms with Crippen molar-refractivity contribution in [1.82, 2.24) is 0 Å². The number of benzene rings is 2. The Morgan fingerprint density at radius 2 is 1.97 bits per heavy atom. The number of carbonyl (C=O) groups excluding carboxylic acids is 2. The minimum absolute atomic E-state index is 0.150. The molecule has 158 valence electrons. The zero-order valence-electron chi connectivity index (χ0n) is 16.6. The molecule has 0 bridgehead atoms. The second kappa shape index (κ2) is 7.92. The normalized spacial score (nSPS) is 17.9. The van der Waals surface area contributed by atoms with Crippen molar-refractivity contribution in [3.8, 4) is 5.75 Å². The molecule has 0 aliphatic carbocycles. The zero-order valence-corrected chi connectivity index (χ0v) is 17.3. The van der Waals surface area contributed by atoms with Gasteiger partial charge in [-0.3, -0.25) is 14.5 Å². The summed E-state index contributed by atoms with van der Waals surface area (Å²) in [5.74, 6) is -2.54. The highest BCUT2D eigenvalue weighted by Gasteiger charge is 2.48. The summed E-state index contributed by atoms with van der Waals surface area (Å²) in [7, 11) is 1.38. The maximum Gasteiger partial charge on any atom is 0.300 e. The Morgan fingerprint density at radius 1 is 1.19 bits per heavy atom. The predicted molar refractivity (Wildman–Crippen MR) is 113 cm³/mol. The zero-order chi connectivity index (χ0) is 22.3. The van der Waals surface area contributed by atoms with E-state index in [0.29, 0.717) is 5.56 Å². The fraction of sp³-hybridized carbons (Fsp3) is 0.130. The van der Waals surface area contributed by atoms with Crippen molar-refractivity contribution in [2.45, 2.75) is 13.0 Å². The van der Waals surface area contributed by atoms with E-state index in [9.17, 15) is 19.1 Å². The summed E-state index contributed by atoms with van der Waals surface area (Å²) in [5, 5.41) is 11.4. The van der Waals surface area contributed by atoms with Gasteiger partial charge in [0.05, 0.1) is 29.5 Å². The molecule has 4 rings (SSSR count). The average Bonchev–Trinajstić information content (AvgIpc) is 3.34. The van der Waals surface area contributed by atoms with Crippen molar-refractivity contribution in [3.05, 3.63) is 88.1 Å². The van der Waals surface area contributed by atoms with Crippen molar-refractivity contribution in [3.63, 3.8) is 0 Å². The minimum atomic E-state index is -1.11. The number of hydrogen-bond donors (Lipinski definition) is 1.